The zero-order valence-corrected chi connectivity index (χ0v) is 15.6. The van der Waals surface area contributed by atoms with Crippen LogP contribution in [0.25, 0.3) is 0 Å². The van der Waals surface area contributed by atoms with Crippen LogP contribution in [0.15, 0.2) is 23.2 Å². The molecule has 0 saturated carbocycles. The minimum atomic E-state index is -2.89. The lowest BCUT2D eigenvalue weighted by atomic mass is 10.2. The number of likely N-dealkylation sites (N-methyl/N-ethyl adjacent to an activating group) is 1. The SMILES string of the molecule is CCN1CCCC1CNC(=NC)NCc1ccc(OC)c(OC(F)F)c1. The molecule has 0 amide bonds. The second kappa shape index (κ2) is 10.2. The van der Waals surface area contributed by atoms with Gasteiger partial charge in [-0.2, -0.15) is 8.78 Å². The molecule has 0 radical (unpaired) electrons. The van der Waals surface area contributed by atoms with E-state index in [4.69, 9.17) is 4.74 Å². The van der Waals surface area contributed by atoms with Gasteiger partial charge in [-0.3, -0.25) is 9.89 Å². The fraction of sp³-hybridized carbons (Fsp3) is 0.611. The van der Waals surface area contributed by atoms with Crippen LogP contribution in [0, 0.1) is 0 Å². The number of guanidine groups is 1. The van der Waals surface area contributed by atoms with Gasteiger partial charge >= 0.3 is 6.61 Å². The van der Waals surface area contributed by atoms with Gasteiger partial charge in [-0.1, -0.05) is 13.0 Å². The van der Waals surface area contributed by atoms with E-state index in [1.807, 2.05) is 0 Å². The molecule has 146 valence electrons. The minimum Gasteiger partial charge on any atom is -0.493 e. The van der Waals surface area contributed by atoms with Crippen molar-refractivity contribution >= 4 is 5.96 Å². The Morgan fingerprint density at radius 3 is 2.81 bits per heavy atom. The van der Waals surface area contributed by atoms with Gasteiger partial charge in [0.25, 0.3) is 0 Å². The highest BCUT2D eigenvalue weighted by atomic mass is 19.3. The topological polar surface area (TPSA) is 58.1 Å². The number of benzene rings is 1. The molecule has 2 rings (SSSR count). The largest absolute Gasteiger partial charge is 0.493 e. The molecule has 1 atom stereocenters. The molecule has 0 bridgehead atoms. The Balaban J connectivity index is 1.89. The fourth-order valence-electron chi connectivity index (χ4n) is 3.18. The standard InChI is InChI=1S/C18H28F2N4O2/c1-4-24-9-5-6-14(24)12-23-18(21-2)22-11-13-7-8-15(25-3)16(10-13)26-17(19)20/h7-8,10,14,17H,4-6,9,11-12H2,1-3H3,(H2,21,22,23). The van der Waals surface area contributed by atoms with Gasteiger partial charge in [0, 0.05) is 26.2 Å². The maximum atomic E-state index is 12.5. The molecular weight excluding hydrogens is 342 g/mol. The summed E-state index contributed by atoms with van der Waals surface area (Å²) < 4.78 is 34.6. The molecule has 0 spiro atoms. The van der Waals surface area contributed by atoms with Crippen molar-refractivity contribution in [2.45, 2.75) is 39.0 Å². The Kier molecular flexibility index (Phi) is 7.90. The molecule has 1 saturated heterocycles. The van der Waals surface area contributed by atoms with Gasteiger partial charge < -0.3 is 20.1 Å². The molecule has 0 aliphatic carbocycles. The van der Waals surface area contributed by atoms with Crippen molar-refractivity contribution < 1.29 is 18.3 Å². The Labute approximate surface area is 153 Å². The maximum absolute atomic E-state index is 12.5. The van der Waals surface area contributed by atoms with Crippen LogP contribution in [0.5, 0.6) is 11.5 Å². The van der Waals surface area contributed by atoms with E-state index < -0.39 is 6.61 Å². The summed E-state index contributed by atoms with van der Waals surface area (Å²) >= 11 is 0. The van der Waals surface area contributed by atoms with Crippen LogP contribution < -0.4 is 20.1 Å². The Hall–Kier alpha value is -2.09. The van der Waals surface area contributed by atoms with Gasteiger partial charge in [0.1, 0.15) is 0 Å². The molecule has 1 aromatic rings. The summed E-state index contributed by atoms with van der Waals surface area (Å²) in [7, 11) is 3.13. The predicted molar refractivity (Wildman–Crippen MR) is 98.1 cm³/mol. The summed E-state index contributed by atoms with van der Waals surface area (Å²) in [6.45, 7) is 2.75. The molecular formula is C18H28F2N4O2. The first kappa shape index (κ1) is 20.2. The lowest BCUT2D eigenvalue weighted by Gasteiger charge is -2.24. The van der Waals surface area contributed by atoms with Gasteiger partial charge in [-0.05, 0) is 43.6 Å². The number of nitrogens with one attached hydrogen (secondary N) is 2. The molecule has 1 aliphatic rings. The van der Waals surface area contributed by atoms with E-state index in [0.717, 1.165) is 25.2 Å². The van der Waals surface area contributed by atoms with Crippen molar-refractivity contribution in [1.82, 2.24) is 15.5 Å². The first-order chi connectivity index (χ1) is 12.6. The highest BCUT2D eigenvalue weighted by Crippen LogP contribution is 2.29. The lowest BCUT2D eigenvalue weighted by molar-refractivity contribution is -0.0512. The molecule has 2 N–H and O–H groups in total. The number of hydrogen-bond donors (Lipinski definition) is 2. The van der Waals surface area contributed by atoms with E-state index in [1.54, 1.807) is 25.2 Å². The van der Waals surface area contributed by atoms with Crippen LogP contribution in [-0.2, 0) is 6.54 Å². The second-order valence-electron chi connectivity index (χ2n) is 6.10. The van der Waals surface area contributed by atoms with Crippen LogP contribution in [0.4, 0.5) is 8.78 Å². The molecule has 1 aromatic carbocycles. The zero-order chi connectivity index (χ0) is 18.9. The number of methoxy groups -OCH3 is 1. The van der Waals surface area contributed by atoms with Gasteiger partial charge in [0.2, 0.25) is 0 Å². The van der Waals surface area contributed by atoms with Gasteiger partial charge in [0.05, 0.1) is 7.11 Å². The van der Waals surface area contributed by atoms with E-state index in [-0.39, 0.29) is 11.5 Å². The number of hydrogen-bond acceptors (Lipinski definition) is 4. The van der Waals surface area contributed by atoms with E-state index in [2.05, 4.69) is 32.2 Å². The summed E-state index contributed by atoms with van der Waals surface area (Å²) in [5.74, 6) is 0.979. The average molecular weight is 370 g/mol. The highest BCUT2D eigenvalue weighted by molar-refractivity contribution is 5.79. The Bertz CT molecular complexity index is 599. The van der Waals surface area contributed by atoms with Gasteiger partial charge in [0.15, 0.2) is 17.5 Å². The summed E-state index contributed by atoms with van der Waals surface area (Å²) in [5.41, 5.74) is 0.792. The molecule has 26 heavy (non-hydrogen) atoms. The predicted octanol–water partition coefficient (Wildman–Crippen LogP) is 2.45. The minimum absolute atomic E-state index is 0.0225. The average Bonchev–Trinajstić information content (AvgIpc) is 3.09. The van der Waals surface area contributed by atoms with E-state index in [0.29, 0.717) is 18.5 Å². The molecule has 1 aliphatic heterocycles. The number of rotatable bonds is 8. The molecule has 1 fully saturated rings. The lowest BCUT2D eigenvalue weighted by Crippen LogP contribution is -2.44. The second-order valence-corrected chi connectivity index (χ2v) is 6.10. The van der Waals surface area contributed by atoms with E-state index in [9.17, 15) is 8.78 Å². The number of ether oxygens (including phenoxy) is 2. The van der Waals surface area contributed by atoms with Crippen LogP contribution >= 0.6 is 0 Å². The fourth-order valence-corrected chi connectivity index (χ4v) is 3.18. The Morgan fingerprint density at radius 1 is 1.35 bits per heavy atom. The quantitative estimate of drug-likeness (QED) is 0.544. The number of alkyl halides is 2. The number of nitrogens with zero attached hydrogens (tertiary/aromatic N) is 2. The highest BCUT2D eigenvalue weighted by Gasteiger charge is 2.22. The van der Waals surface area contributed by atoms with Gasteiger partial charge in [-0.25, -0.2) is 0 Å². The summed E-state index contributed by atoms with van der Waals surface area (Å²) in [6.07, 6.45) is 2.41. The van der Waals surface area contributed by atoms with Crippen molar-refractivity contribution in [2.75, 3.05) is 33.8 Å². The monoisotopic (exact) mass is 370 g/mol. The number of aliphatic imine (C=N–C) groups is 1. The first-order valence-electron chi connectivity index (χ1n) is 8.87. The normalized spacial score (nSPS) is 18.2. The van der Waals surface area contributed by atoms with Crippen molar-refractivity contribution in [3.05, 3.63) is 23.8 Å². The van der Waals surface area contributed by atoms with Crippen LogP contribution in [0.3, 0.4) is 0 Å². The maximum Gasteiger partial charge on any atom is 0.387 e. The van der Waals surface area contributed by atoms with Crippen LogP contribution in [0.1, 0.15) is 25.3 Å². The van der Waals surface area contributed by atoms with Crippen molar-refractivity contribution in [3.63, 3.8) is 0 Å². The molecule has 1 heterocycles. The van der Waals surface area contributed by atoms with Crippen LogP contribution in [0.2, 0.25) is 0 Å². The van der Waals surface area contributed by atoms with Crippen molar-refractivity contribution in [2.24, 2.45) is 4.99 Å². The third-order valence-electron chi connectivity index (χ3n) is 4.54. The van der Waals surface area contributed by atoms with E-state index in [1.165, 1.54) is 20.0 Å². The van der Waals surface area contributed by atoms with Crippen LogP contribution in [-0.4, -0.2) is 57.3 Å². The smallest absolute Gasteiger partial charge is 0.387 e. The third kappa shape index (κ3) is 5.72. The molecule has 1 unspecified atom stereocenters. The number of halogens is 2. The van der Waals surface area contributed by atoms with Crippen molar-refractivity contribution in [3.8, 4) is 11.5 Å². The molecule has 0 aromatic heterocycles. The number of likely N-dealkylation sites (tertiary alicyclic amines) is 1. The molecule has 6 nitrogen and oxygen atoms in total. The van der Waals surface area contributed by atoms with E-state index >= 15 is 0 Å². The summed E-state index contributed by atoms with van der Waals surface area (Å²) in [5, 5.41) is 6.53. The van der Waals surface area contributed by atoms with Crippen molar-refractivity contribution in [1.29, 1.82) is 0 Å². The summed E-state index contributed by atoms with van der Waals surface area (Å²) in [4.78, 5) is 6.68. The third-order valence-corrected chi connectivity index (χ3v) is 4.54. The first-order valence-corrected chi connectivity index (χ1v) is 8.87. The Morgan fingerprint density at radius 2 is 2.15 bits per heavy atom. The molecule has 8 heteroatoms. The van der Waals surface area contributed by atoms with Gasteiger partial charge in [-0.15, -0.1) is 0 Å². The zero-order valence-electron chi connectivity index (χ0n) is 15.6. The summed E-state index contributed by atoms with van der Waals surface area (Å²) in [6, 6.07) is 5.47.